The second kappa shape index (κ2) is 13.7. The van der Waals surface area contributed by atoms with Crippen LogP contribution in [-0.4, -0.2) is 44.2 Å². The summed E-state index contributed by atoms with van der Waals surface area (Å²) in [6, 6.07) is 4.93. The molecule has 0 aliphatic heterocycles. The molecule has 0 saturated heterocycles. The van der Waals surface area contributed by atoms with Gasteiger partial charge in [-0.05, 0) is 58.9 Å². The molecule has 0 saturated carbocycles. The van der Waals surface area contributed by atoms with Crippen molar-refractivity contribution in [3.05, 3.63) is 34.3 Å². The van der Waals surface area contributed by atoms with Gasteiger partial charge in [-0.3, -0.25) is 9.59 Å². The number of carbonyl (C=O) groups is 2. The maximum absolute atomic E-state index is 13.1. The Hall–Kier alpha value is -3.04. The van der Waals surface area contributed by atoms with E-state index in [4.69, 9.17) is 42.1 Å². The highest BCUT2D eigenvalue weighted by Crippen LogP contribution is 2.44. The van der Waals surface area contributed by atoms with Crippen LogP contribution in [0, 0.1) is 0 Å². The van der Waals surface area contributed by atoms with Gasteiger partial charge in [0, 0.05) is 0 Å². The molecule has 35 heavy (non-hydrogen) atoms. The smallest absolute Gasteiger partial charge is 0.258 e. The number of nitrogens with one attached hydrogen (secondary N) is 1. The average molecular weight is 526 g/mol. The summed E-state index contributed by atoms with van der Waals surface area (Å²) in [5.41, 5.74) is 0.338. The number of nitrogens with zero attached hydrogens (tertiary/aromatic N) is 2. The quantitative estimate of drug-likeness (QED) is 0.244. The van der Waals surface area contributed by atoms with Crippen LogP contribution in [0.2, 0.25) is 10.0 Å². The highest BCUT2D eigenvalue weighted by atomic mass is 35.5. The van der Waals surface area contributed by atoms with Crippen molar-refractivity contribution in [1.82, 2.24) is 0 Å². The molecule has 2 rings (SSSR count). The molecule has 0 fully saturated rings. The zero-order valence-corrected chi connectivity index (χ0v) is 21.8. The van der Waals surface area contributed by atoms with Crippen molar-refractivity contribution in [2.24, 2.45) is 10.2 Å². The van der Waals surface area contributed by atoms with Gasteiger partial charge < -0.3 is 24.3 Å². The van der Waals surface area contributed by atoms with Gasteiger partial charge in [0.2, 0.25) is 6.04 Å². The van der Waals surface area contributed by atoms with Gasteiger partial charge in [-0.2, -0.15) is 5.11 Å². The fourth-order valence-corrected chi connectivity index (χ4v) is 3.42. The fourth-order valence-electron chi connectivity index (χ4n) is 3.01. The Kier molecular flexibility index (Phi) is 11.1. The number of ether oxygens (including phenoxy) is 4. The lowest BCUT2D eigenvalue weighted by molar-refractivity contribution is -0.126. The summed E-state index contributed by atoms with van der Waals surface area (Å²) in [7, 11) is 0. The topological polar surface area (TPSA) is 108 Å². The first-order valence-electron chi connectivity index (χ1n) is 11.2. The zero-order chi connectivity index (χ0) is 26.0. The molecule has 0 aromatic heterocycles. The molecule has 2 aromatic carbocycles. The van der Waals surface area contributed by atoms with Gasteiger partial charge in [0.25, 0.3) is 5.91 Å². The molecule has 0 bridgehead atoms. The molecule has 1 atom stereocenters. The number of benzene rings is 2. The Bertz CT molecular complexity index is 1080. The third kappa shape index (κ3) is 7.22. The number of halogens is 2. The van der Waals surface area contributed by atoms with E-state index in [2.05, 4.69) is 15.5 Å². The van der Waals surface area contributed by atoms with Crippen molar-refractivity contribution < 1.29 is 28.5 Å². The summed E-state index contributed by atoms with van der Waals surface area (Å²) >= 11 is 12.6. The maximum atomic E-state index is 13.1. The van der Waals surface area contributed by atoms with Crippen molar-refractivity contribution in [3.63, 3.8) is 0 Å². The number of hydrogen-bond donors (Lipinski definition) is 1. The molecule has 0 aliphatic carbocycles. The van der Waals surface area contributed by atoms with Gasteiger partial charge in [-0.15, -0.1) is 5.11 Å². The van der Waals surface area contributed by atoms with Crippen molar-refractivity contribution in [2.45, 2.75) is 40.7 Å². The molecule has 190 valence electrons. The van der Waals surface area contributed by atoms with Gasteiger partial charge in [-0.1, -0.05) is 23.2 Å². The van der Waals surface area contributed by atoms with Crippen molar-refractivity contribution in [1.29, 1.82) is 0 Å². The number of Topliss-reactive ketones (excluding diaryl/α,β-unsaturated/α-hetero) is 1. The van der Waals surface area contributed by atoms with Crippen molar-refractivity contribution in [2.75, 3.05) is 31.7 Å². The maximum Gasteiger partial charge on any atom is 0.258 e. The number of hydrogen-bond acceptors (Lipinski definition) is 8. The molecular weight excluding hydrogens is 497 g/mol. The average Bonchev–Trinajstić information content (AvgIpc) is 2.81. The molecule has 1 amide bonds. The summed E-state index contributed by atoms with van der Waals surface area (Å²) in [5.74, 6) is -0.0660. The molecule has 11 heteroatoms. The Morgan fingerprint density at radius 2 is 1.37 bits per heavy atom. The lowest BCUT2D eigenvalue weighted by Gasteiger charge is -2.18. The number of ketones is 1. The predicted octanol–water partition coefficient (Wildman–Crippen LogP) is 6.27. The van der Waals surface area contributed by atoms with Crippen LogP contribution >= 0.6 is 23.2 Å². The molecule has 9 nitrogen and oxygen atoms in total. The van der Waals surface area contributed by atoms with Gasteiger partial charge in [0.05, 0.1) is 36.5 Å². The monoisotopic (exact) mass is 525 g/mol. The van der Waals surface area contributed by atoms with Crippen LogP contribution in [0.5, 0.6) is 23.0 Å². The van der Waals surface area contributed by atoms with Crippen LogP contribution in [0.3, 0.4) is 0 Å². The minimum atomic E-state index is -1.49. The van der Waals surface area contributed by atoms with Crippen molar-refractivity contribution in [3.8, 4) is 23.0 Å². The Morgan fingerprint density at radius 3 is 1.97 bits per heavy atom. The molecule has 1 unspecified atom stereocenters. The molecule has 0 aliphatic rings. The highest BCUT2D eigenvalue weighted by molar-refractivity contribution is 6.34. The van der Waals surface area contributed by atoms with E-state index in [9.17, 15) is 9.59 Å². The van der Waals surface area contributed by atoms with Gasteiger partial charge in [0.1, 0.15) is 5.69 Å². The Balaban J connectivity index is 2.46. The van der Waals surface area contributed by atoms with Gasteiger partial charge in [-0.25, -0.2) is 0 Å². The minimum absolute atomic E-state index is 0.165. The van der Waals surface area contributed by atoms with E-state index in [1.54, 1.807) is 45.0 Å². The number of azo groups is 1. The minimum Gasteiger partial charge on any atom is -0.491 e. The van der Waals surface area contributed by atoms with E-state index < -0.39 is 17.7 Å². The molecule has 0 radical (unpaired) electrons. The lowest BCUT2D eigenvalue weighted by atomic mass is 10.2. The van der Waals surface area contributed by atoms with Crippen LogP contribution in [0.25, 0.3) is 0 Å². The summed E-state index contributed by atoms with van der Waals surface area (Å²) in [6.07, 6.45) is 0. The summed E-state index contributed by atoms with van der Waals surface area (Å²) in [5, 5.41) is 11.3. The van der Waals surface area contributed by atoms with Gasteiger partial charge in [0.15, 0.2) is 34.5 Å². The van der Waals surface area contributed by atoms with Crippen LogP contribution in [-0.2, 0) is 9.59 Å². The summed E-state index contributed by atoms with van der Waals surface area (Å²) in [6.45, 7) is 9.76. The van der Waals surface area contributed by atoms with E-state index in [0.29, 0.717) is 37.9 Å². The first-order valence-corrected chi connectivity index (χ1v) is 11.9. The summed E-state index contributed by atoms with van der Waals surface area (Å²) in [4.78, 5) is 25.5. The van der Waals surface area contributed by atoms with E-state index in [1.165, 1.54) is 6.92 Å². The molecule has 1 N–H and O–H groups in total. The SMILES string of the molecule is CCOc1ccc(Cl)c(OCC)c1N=NC(C(C)=O)C(=O)Nc1c(Cl)ccc(OCC)c1OCC. The largest absolute Gasteiger partial charge is 0.491 e. The number of amides is 1. The number of anilines is 1. The fraction of sp³-hybridized carbons (Fsp3) is 0.417. The van der Waals surface area contributed by atoms with Crippen LogP contribution < -0.4 is 24.3 Å². The second-order valence-electron chi connectivity index (χ2n) is 6.92. The zero-order valence-electron chi connectivity index (χ0n) is 20.3. The first-order chi connectivity index (χ1) is 16.8. The third-order valence-electron chi connectivity index (χ3n) is 4.45. The van der Waals surface area contributed by atoms with Gasteiger partial charge >= 0.3 is 0 Å². The molecule has 2 aromatic rings. The molecule has 0 heterocycles. The van der Waals surface area contributed by atoms with E-state index >= 15 is 0 Å². The molecule has 0 spiro atoms. The van der Waals surface area contributed by atoms with Crippen molar-refractivity contribution >= 4 is 46.3 Å². The standard InChI is InChI=1S/C24H29Cl2N3O6/c1-6-32-17-12-11-16(26)22(34-8-3)21(17)29-28-19(14(5)30)24(31)27-20-15(25)10-13-18(33-7-2)23(20)35-9-4/h10-13,19H,6-9H2,1-5H3,(H,27,31). The number of carbonyl (C=O) groups excluding carboxylic acids is 2. The Labute approximate surface area is 214 Å². The first kappa shape index (κ1) is 28.2. The van der Waals surface area contributed by atoms with Crippen LogP contribution in [0.15, 0.2) is 34.5 Å². The second-order valence-corrected chi connectivity index (χ2v) is 7.74. The molecular formula is C24H29Cl2N3O6. The lowest BCUT2D eigenvalue weighted by Crippen LogP contribution is -2.32. The third-order valence-corrected chi connectivity index (χ3v) is 5.06. The Morgan fingerprint density at radius 1 is 0.829 bits per heavy atom. The normalized spacial score (nSPS) is 11.7. The van der Waals surface area contributed by atoms with Crippen LogP contribution in [0.4, 0.5) is 11.4 Å². The van der Waals surface area contributed by atoms with E-state index in [-0.39, 0.29) is 32.9 Å². The summed E-state index contributed by atoms with van der Waals surface area (Å²) < 4.78 is 22.4. The van der Waals surface area contributed by atoms with E-state index in [1.807, 2.05) is 6.92 Å². The highest BCUT2D eigenvalue weighted by Gasteiger charge is 2.27. The van der Waals surface area contributed by atoms with Crippen LogP contribution in [0.1, 0.15) is 34.6 Å². The van der Waals surface area contributed by atoms with E-state index in [0.717, 1.165) is 0 Å². The predicted molar refractivity (Wildman–Crippen MR) is 135 cm³/mol. The number of rotatable bonds is 13.